The van der Waals surface area contributed by atoms with Crippen LogP contribution in [0.1, 0.15) is 22.8 Å². The predicted molar refractivity (Wildman–Crippen MR) is 106 cm³/mol. The number of rotatable bonds is 6. The molecule has 0 unspecified atom stereocenters. The molecule has 0 fully saturated rings. The van der Waals surface area contributed by atoms with Crippen molar-refractivity contribution in [3.8, 4) is 28.1 Å². The molecule has 2 heterocycles. The lowest BCUT2D eigenvalue weighted by Crippen LogP contribution is -1.99. The van der Waals surface area contributed by atoms with Crippen LogP contribution in [0, 0.1) is 25.2 Å². The minimum atomic E-state index is 0.529. The number of thiazole rings is 1. The number of hydrogen-bond donors (Lipinski definition) is 0. The van der Waals surface area contributed by atoms with E-state index in [1.165, 1.54) is 11.8 Å². The van der Waals surface area contributed by atoms with Crippen molar-refractivity contribution in [2.45, 2.75) is 24.6 Å². The largest absolute Gasteiger partial charge is 0.493 e. The second-order valence-corrected chi connectivity index (χ2v) is 7.47. The lowest BCUT2D eigenvalue weighted by atomic mass is 10.2. The standard InChI is InChI=1S/C19H18N4O2S2/c1-11-15(8-20)19(22-12(2)21-11)27-10-14-9-26-18(23-14)13-5-6-16(24-3)17(7-13)25-4/h5-7,9H,10H2,1-4H3. The van der Waals surface area contributed by atoms with Crippen molar-refractivity contribution in [1.29, 1.82) is 5.26 Å². The van der Waals surface area contributed by atoms with E-state index in [0.717, 1.165) is 16.3 Å². The van der Waals surface area contributed by atoms with Crippen LogP contribution in [0.3, 0.4) is 0 Å². The average Bonchev–Trinajstić information content (AvgIpc) is 3.14. The summed E-state index contributed by atoms with van der Waals surface area (Å²) in [6.45, 7) is 3.66. The number of nitrogens with zero attached hydrogens (tertiary/aromatic N) is 4. The molecular weight excluding hydrogens is 380 g/mol. The molecule has 0 spiro atoms. The quantitative estimate of drug-likeness (QED) is 0.450. The van der Waals surface area contributed by atoms with Crippen LogP contribution < -0.4 is 9.47 Å². The minimum Gasteiger partial charge on any atom is -0.493 e. The molecular formula is C19H18N4O2S2. The van der Waals surface area contributed by atoms with Gasteiger partial charge in [0.05, 0.1) is 25.6 Å². The Balaban J connectivity index is 1.79. The fourth-order valence-electron chi connectivity index (χ4n) is 2.53. The highest BCUT2D eigenvalue weighted by Gasteiger charge is 2.13. The number of benzene rings is 1. The second kappa shape index (κ2) is 8.37. The van der Waals surface area contributed by atoms with Crippen LogP contribution in [0.2, 0.25) is 0 Å². The first-order valence-corrected chi connectivity index (χ1v) is 9.97. The topological polar surface area (TPSA) is 80.9 Å². The zero-order valence-electron chi connectivity index (χ0n) is 15.4. The molecule has 6 nitrogen and oxygen atoms in total. The summed E-state index contributed by atoms with van der Waals surface area (Å²) < 4.78 is 10.6. The Morgan fingerprint density at radius 1 is 1.11 bits per heavy atom. The normalized spacial score (nSPS) is 10.5. The van der Waals surface area contributed by atoms with E-state index in [0.29, 0.717) is 39.4 Å². The Morgan fingerprint density at radius 3 is 2.59 bits per heavy atom. The monoisotopic (exact) mass is 398 g/mol. The predicted octanol–water partition coefficient (Wildman–Crippen LogP) is 4.40. The maximum atomic E-state index is 9.35. The molecule has 138 valence electrons. The Kier molecular flexibility index (Phi) is 5.94. The fraction of sp³-hybridized carbons (Fsp3) is 0.263. The zero-order chi connectivity index (χ0) is 19.4. The van der Waals surface area contributed by atoms with Gasteiger partial charge < -0.3 is 9.47 Å². The molecule has 0 saturated carbocycles. The minimum absolute atomic E-state index is 0.529. The van der Waals surface area contributed by atoms with Gasteiger partial charge in [0, 0.05) is 16.7 Å². The number of hydrogen-bond acceptors (Lipinski definition) is 8. The third-order valence-corrected chi connectivity index (χ3v) is 5.77. The molecule has 0 aliphatic carbocycles. The van der Waals surface area contributed by atoms with Crippen molar-refractivity contribution < 1.29 is 9.47 Å². The molecule has 0 atom stereocenters. The molecule has 1 aromatic carbocycles. The first kappa shape index (κ1) is 19.1. The molecule has 0 radical (unpaired) electrons. The van der Waals surface area contributed by atoms with E-state index in [1.807, 2.05) is 37.4 Å². The summed E-state index contributed by atoms with van der Waals surface area (Å²) in [5.74, 6) is 2.66. The Hall–Kier alpha value is -2.63. The van der Waals surface area contributed by atoms with Gasteiger partial charge in [0.15, 0.2) is 11.5 Å². The number of aromatic nitrogens is 3. The van der Waals surface area contributed by atoms with Crippen molar-refractivity contribution in [2.75, 3.05) is 14.2 Å². The van der Waals surface area contributed by atoms with Crippen molar-refractivity contribution >= 4 is 23.1 Å². The van der Waals surface area contributed by atoms with E-state index in [1.54, 1.807) is 25.6 Å². The maximum Gasteiger partial charge on any atom is 0.161 e. The third-order valence-electron chi connectivity index (χ3n) is 3.82. The molecule has 8 heteroatoms. The number of ether oxygens (including phenoxy) is 2. The van der Waals surface area contributed by atoms with Crippen molar-refractivity contribution in [2.24, 2.45) is 0 Å². The molecule has 0 N–H and O–H groups in total. The summed E-state index contributed by atoms with van der Waals surface area (Å²) in [6.07, 6.45) is 0. The molecule has 0 aliphatic rings. The van der Waals surface area contributed by atoms with Gasteiger partial charge >= 0.3 is 0 Å². The molecule has 3 rings (SSSR count). The van der Waals surface area contributed by atoms with E-state index in [9.17, 15) is 5.26 Å². The first-order valence-electron chi connectivity index (χ1n) is 8.10. The van der Waals surface area contributed by atoms with Gasteiger partial charge in [0.25, 0.3) is 0 Å². The number of methoxy groups -OCH3 is 2. The Labute approximate surface area is 166 Å². The maximum absolute atomic E-state index is 9.35. The number of thioether (sulfide) groups is 1. The summed E-state index contributed by atoms with van der Waals surface area (Å²) in [5, 5.41) is 13.0. The fourth-order valence-corrected chi connectivity index (χ4v) is 4.42. The molecule has 0 bridgehead atoms. The molecule has 2 aromatic heterocycles. The molecule has 3 aromatic rings. The lowest BCUT2D eigenvalue weighted by Gasteiger charge is -2.08. The Bertz CT molecular complexity index is 1010. The van der Waals surface area contributed by atoms with E-state index in [4.69, 9.17) is 14.5 Å². The Morgan fingerprint density at radius 2 is 1.89 bits per heavy atom. The van der Waals surface area contributed by atoms with E-state index in [-0.39, 0.29) is 0 Å². The van der Waals surface area contributed by atoms with Crippen LogP contribution in [0.5, 0.6) is 11.5 Å². The smallest absolute Gasteiger partial charge is 0.161 e. The summed E-state index contributed by atoms with van der Waals surface area (Å²) in [5.41, 5.74) is 3.14. The lowest BCUT2D eigenvalue weighted by molar-refractivity contribution is 0.355. The van der Waals surface area contributed by atoms with Crippen molar-refractivity contribution in [1.82, 2.24) is 15.0 Å². The summed E-state index contributed by atoms with van der Waals surface area (Å²) >= 11 is 3.07. The molecule has 0 saturated heterocycles. The summed E-state index contributed by atoms with van der Waals surface area (Å²) in [4.78, 5) is 13.4. The average molecular weight is 399 g/mol. The van der Waals surface area contributed by atoms with Gasteiger partial charge in [-0.25, -0.2) is 15.0 Å². The van der Waals surface area contributed by atoms with Crippen LogP contribution in [0.15, 0.2) is 28.6 Å². The van der Waals surface area contributed by atoms with Crippen molar-refractivity contribution in [3.05, 3.63) is 46.4 Å². The number of aryl methyl sites for hydroxylation is 2. The summed E-state index contributed by atoms with van der Waals surface area (Å²) in [6, 6.07) is 7.94. The van der Waals surface area contributed by atoms with Gasteiger partial charge in [-0.05, 0) is 32.0 Å². The highest BCUT2D eigenvalue weighted by atomic mass is 32.2. The van der Waals surface area contributed by atoms with Crippen LogP contribution in [0.4, 0.5) is 0 Å². The third kappa shape index (κ3) is 4.21. The van der Waals surface area contributed by atoms with Gasteiger partial charge in [0.2, 0.25) is 0 Å². The highest BCUT2D eigenvalue weighted by Crippen LogP contribution is 2.34. The first-order chi connectivity index (χ1) is 13.0. The highest BCUT2D eigenvalue weighted by molar-refractivity contribution is 7.98. The van der Waals surface area contributed by atoms with E-state index in [2.05, 4.69) is 16.0 Å². The summed E-state index contributed by atoms with van der Waals surface area (Å²) in [7, 11) is 3.23. The number of nitriles is 1. The molecule has 27 heavy (non-hydrogen) atoms. The van der Waals surface area contributed by atoms with E-state index >= 15 is 0 Å². The second-order valence-electron chi connectivity index (χ2n) is 5.65. The van der Waals surface area contributed by atoms with E-state index < -0.39 is 0 Å². The van der Waals surface area contributed by atoms with Crippen LogP contribution in [-0.2, 0) is 5.75 Å². The van der Waals surface area contributed by atoms with Gasteiger partial charge in [-0.2, -0.15) is 5.26 Å². The van der Waals surface area contributed by atoms with Gasteiger partial charge in [-0.1, -0.05) is 11.8 Å². The van der Waals surface area contributed by atoms with Gasteiger partial charge in [-0.15, -0.1) is 11.3 Å². The SMILES string of the molecule is COc1ccc(-c2nc(CSc3nc(C)nc(C)c3C#N)cs2)cc1OC. The van der Waals surface area contributed by atoms with Crippen molar-refractivity contribution in [3.63, 3.8) is 0 Å². The van der Waals surface area contributed by atoms with Gasteiger partial charge in [0.1, 0.15) is 27.5 Å². The zero-order valence-corrected chi connectivity index (χ0v) is 17.1. The van der Waals surface area contributed by atoms with Crippen LogP contribution in [-0.4, -0.2) is 29.2 Å². The molecule has 0 aliphatic heterocycles. The van der Waals surface area contributed by atoms with Crippen LogP contribution >= 0.6 is 23.1 Å². The van der Waals surface area contributed by atoms with Crippen LogP contribution in [0.25, 0.3) is 10.6 Å². The molecule has 0 amide bonds. The van der Waals surface area contributed by atoms with Gasteiger partial charge in [-0.3, -0.25) is 0 Å².